The highest BCUT2D eigenvalue weighted by Gasteiger charge is 2.31. The number of nitrogens with one attached hydrogen (secondary N) is 1. The standard InChI is InChI=1S/C17H22ClNO3/c18-15-1-2-16-14(8-15)7-13(10-22-16)9-19-11-17(12-20)3-5-21-6-4-17/h1-2,7-8,19-20H,3-6,9-12H2. The highest BCUT2D eigenvalue weighted by molar-refractivity contribution is 6.30. The monoisotopic (exact) mass is 323 g/mol. The third-order valence-corrected chi connectivity index (χ3v) is 4.72. The summed E-state index contributed by atoms with van der Waals surface area (Å²) in [5.74, 6) is 0.879. The number of rotatable bonds is 5. The van der Waals surface area contributed by atoms with Crippen LogP contribution in [0.25, 0.3) is 6.08 Å². The smallest absolute Gasteiger partial charge is 0.127 e. The quantitative estimate of drug-likeness (QED) is 0.874. The summed E-state index contributed by atoms with van der Waals surface area (Å²) in [4.78, 5) is 0. The van der Waals surface area contributed by atoms with Gasteiger partial charge >= 0.3 is 0 Å². The van der Waals surface area contributed by atoms with E-state index < -0.39 is 0 Å². The molecule has 3 rings (SSSR count). The molecule has 0 aliphatic carbocycles. The summed E-state index contributed by atoms with van der Waals surface area (Å²) in [6.07, 6.45) is 3.95. The number of halogens is 1. The summed E-state index contributed by atoms with van der Waals surface area (Å²) < 4.78 is 11.1. The lowest BCUT2D eigenvalue weighted by Gasteiger charge is -2.35. The number of aliphatic hydroxyl groups excluding tert-OH is 1. The molecule has 0 atom stereocenters. The third-order valence-electron chi connectivity index (χ3n) is 4.49. The Balaban J connectivity index is 1.58. The van der Waals surface area contributed by atoms with E-state index in [9.17, 15) is 5.11 Å². The largest absolute Gasteiger partial charge is 0.489 e. The maximum absolute atomic E-state index is 9.69. The van der Waals surface area contributed by atoms with Crippen molar-refractivity contribution in [2.45, 2.75) is 12.8 Å². The summed E-state index contributed by atoms with van der Waals surface area (Å²) in [6, 6.07) is 5.67. The van der Waals surface area contributed by atoms with E-state index in [4.69, 9.17) is 21.1 Å². The molecule has 1 aromatic carbocycles. The van der Waals surface area contributed by atoms with Gasteiger partial charge in [-0.15, -0.1) is 0 Å². The zero-order chi connectivity index (χ0) is 15.4. The number of hydrogen-bond acceptors (Lipinski definition) is 4. The van der Waals surface area contributed by atoms with Crippen molar-refractivity contribution in [2.24, 2.45) is 5.41 Å². The maximum atomic E-state index is 9.69. The predicted octanol–water partition coefficient (Wildman–Crippen LogP) is 2.49. The molecule has 120 valence electrons. The van der Waals surface area contributed by atoms with Gasteiger partial charge in [0.25, 0.3) is 0 Å². The Kier molecular flexibility index (Phi) is 5.03. The van der Waals surface area contributed by atoms with E-state index in [1.54, 1.807) is 0 Å². The molecule has 5 heteroatoms. The van der Waals surface area contributed by atoms with Crippen LogP contribution in [0, 0.1) is 5.41 Å². The van der Waals surface area contributed by atoms with Crippen molar-refractivity contribution in [1.82, 2.24) is 5.32 Å². The van der Waals surface area contributed by atoms with Crippen LogP contribution in [-0.2, 0) is 4.74 Å². The van der Waals surface area contributed by atoms with Gasteiger partial charge in [0.15, 0.2) is 0 Å². The van der Waals surface area contributed by atoms with Gasteiger partial charge in [-0.25, -0.2) is 0 Å². The van der Waals surface area contributed by atoms with E-state index in [2.05, 4.69) is 11.4 Å². The fourth-order valence-electron chi connectivity index (χ4n) is 2.98. The number of benzene rings is 1. The summed E-state index contributed by atoms with van der Waals surface area (Å²) in [5, 5.41) is 13.9. The Labute approximate surface area is 136 Å². The Hall–Kier alpha value is -1.07. The molecule has 0 radical (unpaired) electrons. The summed E-state index contributed by atoms with van der Waals surface area (Å²) >= 11 is 6.03. The first-order valence-corrected chi connectivity index (χ1v) is 8.10. The highest BCUT2D eigenvalue weighted by atomic mass is 35.5. The van der Waals surface area contributed by atoms with E-state index in [0.717, 1.165) is 50.5 Å². The van der Waals surface area contributed by atoms with Gasteiger partial charge in [0.2, 0.25) is 0 Å². The highest BCUT2D eigenvalue weighted by Crippen LogP contribution is 2.30. The zero-order valence-corrected chi connectivity index (χ0v) is 13.4. The lowest BCUT2D eigenvalue weighted by molar-refractivity contribution is -0.0149. The first kappa shape index (κ1) is 15.8. The minimum atomic E-state index is -0.0461. The van der Waals surface area contributed by atoms with Crippen molar-refractivity contribution in [3.05, 3.63) is 34.4 Å². The lowest BCUT2D eigenvalue weighted by atomic mass is 9.81. The van der Waals surface area contributed by atoms with Crippen molar-refractivity contribution >= 4 is 17.7 Å². The van der Waals surface area contributed by atoms with E-state index in [1.165, 1.54) is 5.57 Å². The normalized spacial score (nSPS) is 20.0. The molecule has 22 heavy (non-hydrogen) atoms. The number of ether oxygens (including phenoxy) is 2. The van der Waals surface area contributed by atoms with Crippen molar-refractivity contribution in [3.8, 4) is 5.75 Å². The fourth-order valence-corrected chi connectivity index (χ4v) is 3.16. The second kappa shape index (κ2) is 7.01. The van der Waals surface area contributed by atoms with Gasteiger partial charge in [-0.1, -0.05) is 11.6 Å². The van der Waals surface area contributed by atoms with Gasteiger partial charge in [-0.05, 0) is 42.7 Å². The molecule has 1 saturated heterocycles. The maximum Gasteiger partial charge on any atom is 0.127 e. The molecular formula is C17H22ClNO3. The molecule has 0 aromatic heterocycles. The summed E-state index contributed by atoms with van der Waals surface area (Å²) in [6.45, 7) is 3.83. The Morgan fingerprint density at radius 2 is 2.09 bits per heavy atom. The second-order valence-electron chi connectivity index (χ2n) is 6.15. The van der Waals surface area contributed by atoms with Gasteiger partial charge in [0, 0.05) is 42.3 Å². The average molecular weight is 324 g/mol. The predicted molar refractivity (Wildman–Crippen MR) is 87.4 cm³/mol. The van der Waals surface area contributed by atoms with E-state index >= 15 is 0 Å². The van der Waals surface area contributed by atoms with Crippen LogP contribution in [0.3, 0.4) is 0 Å². The molecule has 2 aliphatic rings. The topological polar surface area (TPSA) is 50.7 Å². The Morgan fingerprint density at radius 3 is 2.86 bits per heavy atom. The molecule has 2 heterocycles. The van der Waals surface area contributed by atoms with Gasteiger partial charge in [-0.2, -0.15) is 0 Å². The van der Waals surface area contributed by atoms with Crippen molar-refractivity contribution < 1.29 is 14.6 Å². The molecule has 0 amide bonds. The lowest BCUT2D eigenvalue weighted by Crippen LogP contribution is -2.42. The van der Waals surface area contributed by atoms with Gasteiger partial charge in [0.1, 0.15) is 12.4 Å². The number of fused-ring (bicyclic) bond motifs is 1. The molecule has 4 nitrogen and oxygen atoms in total. The first-order valence-electron chi connectivity index (χ1n) is 7.72. The Bertz CT molecular complexity index is 553. The van der Waals surface area contributed by atoms with Crippen molar-refractivity contribution in [2.75, 3.05) is 39.5 Å². The number of aliphatic hydroxyl groups is 1. The van der Waals surface area contributed by atoms with Crippen LogP contribution in [-0.4, -0.2) is 44.6 Å². The summed E-state index contributed by atoms with van der Waals surface area (Å²) in [5.41, 5.74) is 2.17. The van der Waals surface area contributed by atoms with Crippen molar-refractivity contribution in [3.63, 3.8) is 0 Å². The minimum absolute atomic E-state index is 0.0461. The van der Waals surface area contributed by atoms with Crippen LogP contribution in [0.4, 0.5) is 0 Å². The first-order chi connectivity index (χ1) is 10.7. The third kappa shape index (κ3) is 3.63. The van der Waals surface area contributed by atoms with Crippen LogP contribution in [0.2, 0.25) is 5.02 Å². The SMILES string of the molecule is OCC1(CNCC2=Cc3cc(Cl)ccc3OC2)CCOCC1. The molecule has 0 unspecified atom stereocenters. The average Bonchev–Trinajstić information content (AvgIpc) is 2.55. The van der Waals surface area contributed by atoms with E-state index in [0.29, 0.717) is 11.6 Å². The van der Waals surface area contributed by atoms with Crippen LogP contribution in [0.1, 0.15) is 18.4 Å². The van der Waals surface area contributed by atoms with Crippen LogP contribution >= 0.6 is 11.6 Å². The number of hydrogen-bond donors (Lipinski definition) is 2. The molecule has 0 spiro atoms. The van der Waals surface area contributed by atoms with E-state index in [1.807, 2.05) is 18.2 Å². The molecule has 1 fully saturated rings. The molecule has 2 N–H and O–H groups in total. The molecule has 2 aliphatic heterocycles. The Morgan fingerprint density at radius 1 is 1.27 bits per heavy atom. The summed E-state index contributed by atoms with van der Waals surface area (Å²) in [7, 11) is 0. The molecule has 1 aromatic rings. The second-order valence-corrected chi connectivity index (χ2v) is 6.58. The van der Waals surface area contributed by atoms with Crippen LogP contribution in [0.5, 0.6) is 5.75 Å². The molecular weight excluding hydrogens is 302 g/mol. The minimum Gasteiger partial charge on any atom is -0.489 e. The van der Waals surface area contributed by atoms with Gasteiger partial charge < -0.3 is 19.9 Å². The van der Waals surface area contributed by atoms with Gasteiger partial charge in [0.05, 0.1) is 6.61 Å². The van der Waals surface area contributed by atoms with Crippen LogP contribution in [0.15, 0.2) is 23.8 Å². The molecule has 0 saturated carbocycles. The fraction of sp³-hybridized carbons (Fsp3) is 0.529. The van der Waals surface area contributed by atoms with E-state index in [-0.39, 0.29) is 12.0 Å². The molecule has 0 bridgehead atoms. The van der Waals surface area contributed by atoms with Crippen LogP contribution < -0.4 is 10.1 Å². The van der Waals surface area contributed by atoms with Crippen molar-refractivity contribution in [1.29, 1.82) is 0 Å². The van der Waals surface area contributed by atoms with Gasteiger partial charge in [-0.3, -0.25) is 0 Å². The zero-order valence-electron chi connectivity index (χ0n) is 12.6.